The number of hydrogen-bond acceptors (Lipinski definition) is 3. The molecule has 1 atom stereocenters. The van der Waals surface area contributed by atoms with Gasteiger partial charge in [-0.1, -0.05) is 24.6 Å². The summed E-state index contributed by atoms with van der Waals surface area (Å²) in [6.07, 6.45) is 1.06. The van der Waals surface area contributed by atoms with Gasteiger partial charge in [-0.2, -0.15) is 0 Å². The fourth-order valence-electron chi connectivity index (χ4n) is 2.35. The van der Waals surface area contributed by atoms with Crippen molar-refractivity contribution in [3.8, 4) is 0 Å². The zero-order valence-electron chi connectivity index (χ0n) is 10.8. The number of halogens is 1. The van der Waals surface area contributed by atoms with Crippen molar-refractivity contribution in [1.29, 1.82) is 0 Å². The lowest BCUT2D eigenvalue weighted by molar-refractivity contribution is 0.238. The summed E-state index contributed by atoms with van der Waals surface area (Å²) in [7, 11) is 0. The Morgan fingerprint density at radius 3 is 2.94 bits per heavy atom. The first kappa shape index (κ1) is 13.7. The maximum atomic E-state index is 9.17. The number of rotatable bonds is 5. The molecule has 0 radical (unpaired) electrons. The van der Waals surface area contributed by atoms with E-state index in [4.69, 9.17) is 16.7 Å². The van der Waals surface area contributed by atoms with Gasteiger partial charge in [0.05, 0.1) is 0 Å². The third-order valence-electron chi connectivity index (χ3n) is 3.51. The van der Waals surface area contributed by atoms with E-state index in [2.05, 4.69) is 29.3 Å². The Kier molecular flexibility index (Phi) is 4.87. The molecule has 3 nitrogen and oxygen atoms in total. The van der Waals surface area contributed by atoms with Crippen LogP contribution in [0.25, 0.3) is 0 Å². The van der Waals surface area contributed by atoms with Crippen LogP contribution in [0.4, 0.5) is 5.69 Å². The zero-order valence-corrected chi connectivity index (χ0v) is 11.6. The summed E-state index contributed by atoms with van der Waals surface area (Å²) in [4.78, 5) is 2.30. The smallest absolute Gasteiger partial charge is 0.0476 e. The molecular formula is C14H21ClN2O. The maximum absolute atomic E-state index is 9.17. The lowest BCUT2D eigenvalue weighted by Crippen LogP contribution is -2.20. The van der Waals surface area contributed by atoms with E-state index in [0.717, 1.165) is 48.9 Å². The average Bonchev–Trinajstić information content (AvgIpc) is 2.86. The molecule has 0 amide bonds. The molecule has 1 aromatic carbocycles. The average molecular weight is 269 g/mol. The van der Waals surface area contributed by atoms with Gasteiger partial charge in [-0.25, -0.2) is 0 Å². The van der Waals surface area contributed by atoms with Gasteiger partial charge in [0.25, 0.3) is 0 Å². The minimum atomic E-state index is 0.280. The molecule has 1 unspecified atom stereocenters. The highest BCUT2D eigenvalue weighted by Crippen LogP contribution is 2.28. The van der Waals surface area contributed by atoms with Crippen molar-refractivity contribution >= 4 is 17.3 Å². The topological polar surface area (TPSA) is 35.5 Å². The molecule has 1 aliphatic rings. The summed E-state index contributed by atoms with van der Waals surface area (Å²) < 4.78 is 0. The van der Waals surface area contributed by atoms with Crippen molar-refractivity contribution in [2.45, 2.75) is 19.9 Å². The Morgan fingerprint density at radius 2 is 2.33 bits per heavy atom. The normalized spacial score (nSPS) is 19.5. The highest BCUT2D eigenvalue weighted by atomic mass is 35.5. The molecule has 0 bridgehead atoms. The molecule has 1 fully saturated rings. The van der Waals surface area contributed by atoms with Crippen molar-refractivity contribution in [2.24, 2.45) is 5.92 Å². The number of nitrogens with one attached hydrogen (secondary N) is 1. The van der Waals surface area contributed by atoms with Crippen LogP contribution in [0, 0.1) is 5.92 Å². The molecule has 2 N–H and O–H groups in total. The van der Waals surface area contributed by atoms with E-state index in [1.807, 2.05) is 6.07 Å². The molecular weight excluding hydrogens is 248 g/mol. The number of anilines is 1. The zero-order chi connectivity index (χ0) is 13.0. The Bertz CT molecular complexity index is 397. The van der Waals surface area contributed by atoms with Crippen LogP contribution >= 0.6 is 11.6 Å². The van der Waals surface area contributed by atoms with Gasteiger partial charge < -0.3 is 15.3 Å². The van der Waals surface area contributed by atoms with Gasteiger partial charge in [0.1, 0.15) is 0 Å². The largest absolute Gasteiger partial charge is 0.396 e. The molecule has 18 heavy (non-hydrogen) atoms. The summed E-state index contributed by atoms with van der Waals surface area (Å²) >= 11 is 6.30. The van der Waals surface area contributed by atoms with Gasteiger partial charge in [-0.05, 0) is 30.7 Å². The summed E-state index contributed by atoms with van der Waals surface area (Å²) in [6.45, 7) is 6.06. The van der Waals surface area contributed by atoms with Crippen LogP contribution in [-0.4, -0.2) is 31.3 Å². The van der Waals surface area contributed by atoms with E-state index in [1.54, 1.807) is 0 Å². The van der Waals surface area contributed by atoms with Crippen LogP contribution in [0.15, 0.2) is 18.2 Å². The molecule has 0 aromatic heterocycles. The number of hydrogen-bond donors (Lipinski definition) is 2. The van der Waals surface area contributed by atoms with Crippen molar-refractivity contribution in [3.63, 3.8) is 0 Å². The Labute approximate surface area is 114 Å². The lowest BCUT2D eigenvalue weighted by Gasteiger charge is -2.19. The van der Waals surface area contributed by atoms with Gasteiger partial charge in [0.15, 0.2) is 0 Å². The minimum Gasteiger partial charge on any atom is -0.396 e. The Hall–Kier alpha value is -0.770. The van der Waals surface area contributed by atoms with Gasteiger partial charge in [-0.3, -0.25) is 0 Å². The van der Waals surface area contributed by atoms with Crippen molar-refractivity contribution < 1.29 is 5.11 Å². The lowest BCUT2D eigenvalue weighted by atomic mass is 10.1. The number of aliphatic hydroxyl groups excluding tert-OH is 1. The minimum absolute atomic E-state index is 0.280. The summed E-state index contributed by atoms with van der Waals surface area (Å²) in [6, 6.07) is 6.25. The third kappa shape index (κ3) is 3.16. The van der Waals surface area contributed by atoms with E-state index < -0.39 is 0 Å². The fourth-order valence-corrected chi connectivity index (χ4v) is 2.59. The molecule has 0 aliphatic carbocycles. The van der Waals surface area contributed by atoms with E-state index in [0.29, 0.717) is 5.92 Å². The van der Waals surface area contributed by atoms with E-state index in [9.17, 15) is 0 Å². The van der Waals surface area contributed by atoms with Crippen LogP contribution in [0.2, 0.25) is 5.02 Å². The SMILES string of the molecule is CCNCc1ccc(N2CCC(CO)C2)cc1Cl. The molecule has 1 saturated heterocycles. The molecule has 1 aliphatic heterocycles. The molecule has 4 heteroatoms. The van der Waals surface area contributed by atoms with Gasteiger partial charge >= 0.3 is 0 Å². The van der Waals surface area contributed by atoms with Crippen molar-refractivity contribution in [3.05, 3.63) is 28.8 Å². The fraction of sp³-hybridized carbons (Fsp3) is 0.571. The van der Waals surface area contributed by atoms with Crippen molar-refractivity contribution in [1.82, 2.24) is 5.32 Å². The molecule has 2 rings (SSSR count). The first-order valence-electron chi connectivity index (χ1n) is 6.59. The molecule has 0 spiro atoms. The van der Waals surface area contributed by atoms with Crippen LogP contribution in [-0.2, 0) is 6.54 Å². The highest BCUT2D eigenvalue weighted by molar-refractivity contribution is 6.31. The monoisotopic (exact) mass is 268 g/mol. The molecule has 100 valence electrons. The first-order chi connectivity index (χ1) is 8.74. The molecule has 1 aromatic rings. The van der Waals surface area contributed by atoms with E-state index >= 15 is 0 Å². The molecule has 0 saturated carbocycles. The van der Waals surface area contributed by atoms with Crippen LogP contribution in [0.3, 0.4) is 0 Å². The van der Waals surface area contributed by atoms with Gasteiger partial charge in [-0.15, -0.1) is 0 Å². The van der Waals surface area contributed by atoms with E-state index in [-0.39, 0.29) is 6.61 Å². The van der Waals surface area contributed by atoms with E-state index in [1.165, 1.54) is 0 Å². The maximum Gasteiger partial charge on any atom is 0.0476 e. The second-order valence-corrected chi connectivity index (χ2v) is 5.25. The second kappa shape index (κ2) is 6.41. The molecule has 1 heterocycles. The third-order valence-corrected chi connectivity index (χ3v) is 3.86. The standard InChI is InChI=1S/C14H21ClN2O/c1-2-16-8-12-3-4-13(7-14(12)15)17-6-5-11(9-17)10-18/h3-4,7,11,16,18H,2,5-6,8-10H2,1H3. The number of nitrogens with zero attached hydrogens (tertiary/aromatic N) is 1. The highest BCUT2D eigenvalue weighted by Gasteiger charge is 2.22. The van der Waals surface area contributed by atoms with Crippen LogP contribution in [0.5, 0.6) is 0 Å². The second-order valence-electron chi connectivity index (χ2n) is 4.84. The summed E-state index contributed by atoms with van der Waals surface area (Å²) in [5.41, 5.74) is 2.30. The summed E-state index contributed by atoms with van der Waals surface area (Å²) in [5, 5.41) is 13.3. The predicted molar refractivity (Wildman–Crippen MR) is 76.2 cm³/mol. The van der Waals surface area contributed by atoms with Gasteiger partial charge in [0, 0.05) is 42.9 Å². The quantitative estimate of drug-likeness (QED) is 0.860. The first-order valence-corrected chi connectivity index (χ1v) is 6.97. The van der Waals surface area contributed by atoms with Crippen molar-refractivity contribution in [2.75, 3.05) is 31.1 Å². The predicted octanol–water partition coefficient (Wildman–Crippen LogP) is 2.27. The number of benzene rings is 1. The van der Waals surface area contributed by atoms with Crippen LogP contribution < -0.4 is 10.2 Å². The number of aliphatic hydroxyl groups is 1. The summed E-state index contributed by atoms with van der Waals surface area (Å²) in [5.74, 6) is 0.408. The van der Waals surface area contributed by atoms with Gasteiger partial charge in [0.2, 0.25) is 0 Å². The Balaban J connectivity index is 2.04. The Morgan fingerprint density at radius 1 is 1.50 bits per heavy atom. The van der Waals surface area contributed by atoms with Crippen LogP contribution in [0.1, 0.15) is 18.9 Å².